The number of nitrogens with two attached hydrogens (primary N) is 1. The fourth-order valence-corrected chi connectivity index (χ4v) is 2.21. The van der Waals surface area contributed by atoms with Crippen LogP contribution in [0.15, 0.2) is 23.4 Å². The van der Waals surface area contributed by atoms with Crippen LogP contribution < -0.4 is 16.0 Å². The summed E-state index contributed by atoms with van der Waals surface area (Å²) in [5, 5.41) is 0. The zero-order valence-corrected chi connectivity index (χ0v) is 10.1. The molecule has 0 aliphatic carbocycles. The lowest BCUT2D eigenvalue weighted by molar-refractivity contribution is -0.122. The molecule has 6 nitrogen and oxygen atoms in total. The third-order valence-corrected chi connectivity index (χ3v) is 3.48. The van der Waals surface area contributed by atoms with Gasteiger partial charge in [-0.15, -0.1) is 0 Å². The molecule has 1 heterocycles. The molecular weight excluding hydrogens is 292 g/mol. The van der Waals surface area contributed by atoms with E-state index in [9.17, 15) is 26.0 Å². The molecule has 0 atom stereocenters. The van der Waals surface area contributed by atoms with Crippen LogP contribution in [0.3, 0.4) is 0 Å². The summed E-state index contributed by atoms with van der Waals surface area (Å²) in [4.78, 5) is 2.96. The minimum absolute atomic E-state index is 0.108. The summed E-state index contributed by atoms with van der Waals surface area (Å²) >= 11 is 0. The number of hydrogen-bond donors (Lipinski definition) is 3. The van der Waals surface area contributed by atoms with E-state index < -0.39 is 33.8 Å². The van der Waals surface area contributed by atoms with Crippen molar-refractivity contribution < 1.29 is 26.0 Å². The molecule has 0 saturated carbocycles. The Morgan fingerprint density at radius 3 is 2.58 bits per heavy atom. The van der Waals surface area contributed by atoms with Crippen molar-refractivity contribution in [1.29, 1.82) is 0 Å². The fraction of sp³-hybridized carbons (Fsp3) is 0.375. The number of hydrogen-bond acceptors (Lipinski definition) is 5. The first-order chi connectivity index (χ1) is 8.70. The van der Waals surface area contributed by atoms with E-state index in [4.69, 9.17) is 5.84 Å². The van der Waals surface area contributed by atoms with E-state index in [-0.39, 0.29) is 5.69 Å². The highest BCUT2D eigenvalue weighted by Crippen LogP contribution is 2.23. The Hall–Kier alpha value is -1.46. The number of pyridine rings is 1. The molecule has 0 bridgehead atoms. The molecular formula is C8H10F4N4O2S. The van der Waals surface area contributed by atoms with Gasteiger partial charge >= 0.3 is 12.3 Å². The molecule has 0 aliphatic rings. The van der Waals surface area contributed by atoms with Crippen LogP contribution in [0.1, 0.15) is 0 Å². The number of aromatic nitrogens is 1. The van der Waals surface area contributed by atoms with Crippen LogP contribution in [0.25, 0.3) is 0 Å². The number of alkyl halides is 4. The van der Waals surface area contributed by atoms with Gasteiger partial charge in [0.15, 0.2) is 0 Å². The number of nitrogen functional groups attached to an aromatic ring is 1. The molecule has 0 aromatic carbocycles. The maximum Gasteiger partial charge on any atom is 0.320 e. The van der Waals surface area contributed by atoms with Crippen LogP contribution >= 0.6 is 0 Å². The molecule has 0 unspecified atom stereocenters. The average molecular weight is 302 g/mol. The van der Waals surface area contributed by atoms with Gasteiger partial charge in [0.25, 0.3) is 0 Å². The van der Waals surface area contributed by atoms with Crippen LogP contribution in [0.5, 0.6) is 0 Å². The number of hydrazine groups is 1. The van der Waals surface area contributed by atoms with E-state index in [0.29, 0.717) is 0 Å². The highest BCUT2D eigenvalue weighted by atomic mass is 32.2. The van der Waals surface area contributed by atoms with E-state index in [1.165, 1.54) is 17.0 Å². The highest BCUT2D eigenvalue weighted by molar-refractivity contribution is 7.89. The van der Waals surface area contributed by atoms with Gasteiger partial charge in [-0.2, -0.15) is 8.78 Å². The van der Waals surface area contributed by atoms with Gasteiger partial charge in [0.1, 0.15) is 4.90 Å². The molecule has 0 amide bonds. The summed E-state index contributed by atoms with van der Waals surface area (Å²) in [7, 11) is -4.44. The second-order valence-corrected chi connectivity index (χ2v) is 5.14. The molecule has 0 aliphatic heterocycles. The Bertz CT molecular complexity index is 537. The number of sulfonamides is 1. The van der Waals surface area contributed by atoms with Crippen LogP contribution in [0.4, 0.5) is 23.2 Å². The van der Waals surface area contributed by atoms with Crippen molar-refractivity contribution in [3.8, 4) is 0 Å². The number of rotatable bonds is 6. The zero-order valence-electron chi connectivity index (χ0n) is 9.28. The third kappa shape index (κ3) is 3.75. The summed E-state index contributed by atoms with van der Waals surface area (Å²) in [6, 6.07) is 1.18. The standard InChI is InChI=1S/C8H10F4N4O2S/c9-7(10)8(11,12)4-15-19(17,18)6-3-14-2-1-5(6)16-13/h1-3,7,15H,4,13H2,(H,14,16). The van der Waals surface area contributed by atoms with Crippen molar-refractivity contribution in [1.82, 2.24) is 9.71 Å². The second-order valence-electron chi connectivity index (χ2n) is 3.40. The summed E-state index contributed by atoms with van der Waals surface area (Å²) < 4.78 is 73.8. The first kappa shape index (κ1) is 15.6. The number of anilines is 1. The van der Waals surface area contributed by atoms with Crippen LogP contribution in [-0.2, 0) is 10.0 Å². The monoisotopic (exact) mass is 302 g/mol. The van der Waals surface area contributed by atoms with Crippen LogP contribution in [-0.4, -0.2) is 32.3 Å². The fourth-order valence-electron chi connectivity index (χ4n) is 1.06. The van der Waals surface area contributed by atoms with Crippen molar-refractivity contribution in [2.45, 2.75) is 17.2 Å². The number of halogens is 4. The predicted octanol–water partition coefficient (Wildman–Crippen LogP) is 0.546. The summed E-state index contributed by atoms with van der Waals surface area (Å²) in [6.07, 6.45) is -1.92. The molecule has 0 spiro atoms. The van der Waals surface area contributed by atoms with Crippen molar-refractivity contribution in [2.24, 2.45) is 5.84 Å². The zero-order chi connectivity index (χ0) is 14.7. The topological polar surface area (TPSA) is 97.1 Å². The van der Waals surface area contributed by atoms with E-state index in [1.807, 2.05) is 5.43 Å². The minimum Gasteiger partial charge on any atom is -0.323 e. The lowest BCUT2D eigenvalue weighted by Gasteiger charge is -2.16. The maximum atomic E-state index is 12.6. The predicted molar refractivity (Wildman–Crippen MR) is 58.2 cm³/mol. The molecule has 19 heavy (non-hydrogen) atoms. The smallest absolute Gasteiger partial charge is 0.320 e. The minimum atomic E-state index is -4.47. The quantitative estimate of drug-likeness (QED) is 0.405. The average Bonchev–Trinajstić information content (AvgIpc) is 2.36. The summed E-state index contributed by atoms with van der Waals surface area (Å²) in [6.45, 7) is -1.73. The van der Waals surface area contributed by atoms with Crippen LogP contribution in [0.2, 0.25) is 0 Å². The Balaban J connectivity index is 2.94. The van der Waals surface area contributed by atoms with Crippen LogP contribution in [0, 0.1) is 0 Å². The molecule has 11 heteroatoms. The van der Waals surface area contributed by atoms with Gasteiger partial charge in [0.05, 0.1) is 12.2 Å². The largest absolute Gasteiger partial charge is 0.323 e. The lowest BCUT2D eigenvalue weighted by atomic mass is 10.4. The first-order valence-corrected chi connectivity index (χ1v) is 6.25. The van der Waals surface area contributed by atoms with Gasteiger partial charge in [0, 0.05) is 12.4 Å². The normalized spacial score (nSPS) is 12.7. The molecule has 1 rings (SSSR count). The Labute approximate surface area is 106 Å². The van der Waals surface area contributed by atoms with Crippen molar-refractivity contribution in [3.63, 3.8) is 0 Å². The van der Waals surface area contributed by atoms with Crippen molar-refractivity contribution >= 4 is 15.7 Å². The molecule has 1 aromatic heterocycles. The van der Waals surface area contributed by atoms with E-state index >= 15 is 0 Å². The lowest BCUT2D eigenvalue weighted by Crippen LogP contribution is -2.41. The maximum absolute atomic E-state index is 12.6. The van der Waals surface area contributed by atoms with Gasteiger partial charge in [-0.3, -0.25) is 10.8 Å². The van der Waals surface area contributed by atoms with Crippen molar-refractivity contribution in [2.75, 3.05) is 12.0 Å². The van der Waals surface area contributed by atoms with E-state index in [2.05, 4.69) is 4.98 Å². The molecule has 108 valence electrons. The number of nitrogens with one attached hydrogen (secondary N) is 2. The summed E-state index contributed by atoms with van der Waals surface area (Å²) in [5.41, 5.74) is 1.92. The third-order valence-electron chi connectivity index (χ3n) is 2.05. The first-order valence-electron chi connectivity index (χ1n) is 4.77. The van der Waals surface area contributed by atoms with E-state index in [1.54, 1.807) is 0 Å². The van der Waals surface area contributed by atoms with Crippen molar-refractivity contribution in [3.05, 3.63) is 18.5 Å². The van der Waals surface area contributed by atoms with E-state index in [0.717, 1.165) is 6.20 Å². The molecule has 0 radical (unpaired) electrons. The second kappa shape index (κ2) is 5.67. The Morgan fingerprint density at radius 2 is 2.05 bits per heavy atom. The van der Waals surface area contributed by atoms with Gasteiger partial charge in [-0.25, -0.2) is 21.9 Å². The Morgan fingerprint density at radius 1 is 1.42 bits per heavy atom. The Kier molecular flexibility index (Phi) is 4.66. The highest BCUT2D eigenvalue weighted by Gasteiger charge is 2.41. The van der Waals surface area contributed by atoms with Gasteiger partial charge in [0.2, 0.25) is 10.0 Å². The summed E-state index contributed by atoms with van der Waals surface area (Å²) in [5.74, 6) is 0.573. The molecule has 4 N–H and O–H groups in total. The molecule has 1 aromatic rings. The number of nitrogens with zero attached hydrogens (tertiary/aromatic N) is 1. The SMILES string of the molecule is NNc1ccncc1S(=O)(=O)NCC(F)(F)C(F)F. The van der Waals surface area contributed by atoms with Gasteiger partial charge in [-0.1, -0.05) is 0 Å². The van der Waals surface area contributed by atoms with Gasteiger partial charge in [-0.05, 0) is 6.07 Å². The van der Waals surface area contributed by atoms with Gasteiger partial charge < -0.3 is 5.43 Å². The molecule has 0 saturated heterocycles. The molecule has 0 fully saturated rings.